The highest BCUT2D eigenvalue weighted by atomic mass is 79.9. The molecule has 0 radical (unpaired) electrons. The van der Waals surface area contributed by atoms with Gasteiger partial charge in [0.05, 0.1) is 5.02 Å². The van der Waals surface area contributed by atoms with Gasteiger partial charge < -0.3 is 0 Å². The predicted octanol–water partition coefficient (Wildman–Crippen LogP) is 6.93. The van der Waals surface area contributed by atoms with E-state index in [-0.39, 0.29) is 4.83 Å². The Balaban J connectivity index is 1.89. The lowest BCUT2D eigenvalue weighted by molar-refractivity contribution is 0.950. The fraction of sp³-hybridized carbons (Fsp3) is 0.111. The molecule has 0 N–H and O–H groups in total. The Bertz CT molecular complexity index is 783. The monoisotopic (exact) mass is 422 g/mol. The SMILES string of the molecule is Clc1c(Br)cccc1C(Br)Cc1ccc2ccccc2c1. The molecule has 0 bridgehead atoms. The van der Waals surface area contributed by atoms with Crippen molar-refractivity contribution in [3.8, 4) is 0 Å². The minimum atomic E-state index is 0.198. The van der Waals surface area contributed by atoms with Crippen LogP contribution in [0.25, 0.3) is 10.8 Å². The molecule has 0 saturated heterocycles. The van der Waals surface area contributed by atoms with Crippen LogP contribution in [0.1, 0.15) is 16.0 Å². The van der Waals surface area contributed by atoms with Crippen molar-refractivity contribution in [1.29, 1.82) is 0 Å². The van der Waals surface area contributed by atoms with E-state index in [0.717, 1.165) is 21.5 Å². The number of halogens is 3. The summed E-state index contributed by atoms with van der Waals surface area (Å²) in [7, 11) is 0. The Morgan fingerprint density at radius 3 is 2.48 bits per heavy atom. The summed E-state index contributed by atoms with van der Waals surface area (Å²) in [5.74, 6) is 0. The van der Waals surface area contributed by atoms with Gasteiger partial charge in [-0.3, -0.25) is 0 Å². The number of benzene rings is 3. The van der Waals surface area contributed by atoms with E-state index in [0.29, 0.717) is 0 Å². The Kier molecular flexibility index (Phi) is 4.68. The minimum absolute atomic E-state index is 0.198. The van der Waals surface area contributed by atoms with Gasteiger partial charge in [0.1, 0.15) is 0 Å². The summed E-state index contributed by atoms with van der Waals surface area (Å²) in [5.41, 5.74) is 2.41. The fourth-order valence-corrected chi connectivity index (χ4v) is 3.97. The molecule has 0 spiro atoms. The van der Waals surface area contributed by atoms with E-state index in [1.54, 1.807) is 0 Å². The second-order valence-corrected chi connectivity index (χ2v) is 7.33. The fourth-order valence-electron chi connectivity index (χ4n) is 2.45. The summed E-state index contributed by atoms with van der Waals surface area (Å²) in [6.45, 7) is 0. The molecule has 0 nitrogen and oxygen atoms in total. The molecule has 0 aliphatic heterocycles. The summed E-state index contributed by atoms with van der Waals surface area (Å²) in [4.78, 5) is 0.198. The third-order valence-electron chi connectivity index (χ3n) is 3.55. The van der Waals surface area contributed by atoms with Gasteiger partial charge in [0.15, 0.2) is 0 Å². The van der Waals surface area contributed by atoms with E-state index in [2.05, 4.69) is 80.4 Å². The molecule has 3 aromatic carbocycles. The van der Waals surface area contributed by atoms with Crippen LogP contribution in [0.2, 0.25) is 5.02 Å². The molecular formula is C18H13Br2Cl. The maximum Gasteiger partial charge on any atom is 0.0591 e. The average molecular weight is 425 g/mol. The van der Waals surface area contributed by atoms with Crippen molar-refractivity contribution in [1.82, 2.24) is 0 Å². The Hall–Kier alpha value is -0.830. The van der Waals surface area contributed by atoms with Gasteiger partial charge in [0.25, 0.3) is 0 Å². The van der Waals surface area contributed by atoms with E-state index in [9.17, 15) is 0 Å². The van der Waals surface area contributed by atoms with E-state index in [4.69, 9.17) is 11.6 Å². The molecule has 0 aliphatic carbocycles. The highest BCUT2D eigenvalue weighted by Crippen LogP contribution is 2.36. The summed E-state index contributed by atoms with van der Waals surface area (Å²) in [6.07, 6.45) is 0.904. The van der Waals surface area contributed by atoms with Gasteiger partial charge in [-0.25, -0.2) is 0 Å². The van der Waals surface area contributed by atoms with Crippen molar-refractivity contribution in [3.05, 3.63) is 81.3 Å². The Morgan fingerprint density at radius 2 is 1.67 bits per heavy atom. The number of rotatable bonds is 3. The number of hydrogen-bond acceptors (Lipinski definition) is 0. The molecule has 0 heterocycles. The zero-order chi connectivity index (χ0) is 14.8. The van der Waals surface area contributed by atoms with Crippen LogP contribution in [0, 0.1) is 0 Å². The smallest absolute Gasteiger partial charge is 0.0591 e. The van der Waals surface area contributed by atoms with Crippen LogP contribution in [0.3, 0.4) is 0 Å². The average Bonchev–Trinajstić information content (AvgIpc) is 2.50. The van der Waals surface area contributed by atoms with E-state index in [1.807, 2.05) is 12.1 Å². The largest absolute Gasteiger partial charge is 0.0835 e. The number of hydrogen-bond donors (Lipinski definition) is 0. The quantitative estimate of drug-likeness (QED) is 0.400. The lowest BCUT2D eigenvalue weighted by Crippen LogP contribution is -1.97. The first-order valence-electron chi connectivity index (χ1n) is 6.71. The molecule has 1 unspecified atom stereocenters. The molecule has 0 aromatic heterocycles. The summed E-state index contributed by atoms with van der Waals surface area (Å²) in [5, 5.41) is 3.32. The molecule has 1 atom stereocenters. The van der Waals surface area contributed by atoms with Crippen LogP contribution in [0.15, 0.2) is 65.1 Å². The van der Waals surface area contributed by atoms with Crippen LogP contribution in [0.5, 0.6) is 0 Å². The lowest BCUT2D eigenvalue weighted by Gasteiger charge is -2.13. The molecule has 3 heteroatoms. The zero-order valence-corrected chi connectivity index (χ0v) is 15.1. The maximum atomic E-state index is 6.37. The standard InChI is InChI=1S/C18H13Br2Cl/c19-16-7-3-6-15(18(16)21)17(20)11-12-8-9-13-4-1-2-5-14(13)10-12/h1-10,17H,11H2. The zero-order valence-electron chi connectivity index (χ0n) is 11.2. The molecular weight excluding hydrogens is 411 g/mol. The molecule has 0 fully saturated rings. The summed E-state index contributed by atoms with van der Waals surface area (Å²) >= 11 is 13.6. The van der Waals surface area contributed by atoms with Gasteiger partial charge in [0.2, 0.25) is 0 Å². The minimum Gasteiger partial charge on any atom is -0.0835 e. The second-order valence-electron chi connectivity index (χ2n) is 5.00. The number of alkyl halides is 1. The van der Waals surface area contributed by atoms with E-state index in [1.165, 1.54) is 16.3 Å². The highest BCUT2D eigenvalue weighted by Gasteiger charge is 2.14. The van der Waals surface area contributed by atoms with E-state index < -0.39 is 0 Å². The number of fused-ring (bicyclic) bond motifs is 1. The molecule has 3 rings (SSSR count). The molecule has 3 aromatic rings. The first-order chi connectivity index (χ1) is 10.1. The lowest BCUT2D eigenvalue weighted by atomic mass is 10.0. The van der Waals surface area contributed by atoms with Crippen molar-refractivity contribution in [2.45, 2.75) is 11.2 Å². The molecule has 0 amide bonds. The van der Waals surface area contributed by atoms with Crippen LogP contribution in [0.4, 0.5) is 0 Å². The first kappa shape index (κ1) is 15.1. The first-order valence-corrected chi connectivity index (χ1v) is 8.79. The Labute approximate surface area is 146 Å². The molecule has 0 aliphatic rings. The van der Waals surface area contributed by atoms with Gasteiger partial charge in [-0.1, -0.05) is 82.1 Å². The van der Waals surface area contributed by atoms with Crippen LogP contribution >= 0.6 is 43.5 Å². The van der Waals surface area contributed by atoms with Crippen LogP contribution in [-0.4, -0.2) is 0 Å². The molecule has 0 saturated carbocycles. The maximum absolute atomic E-state index is 6.37. The van der Waals surface area contributed by atoms with Crippen LogP contribution in [-0.2, 0) is 6.42 Å². The van der Waals surface area contributed by atoms with Crippen LogP contribution < -0.4 is 0 Å². The van der Waals surface area contributed by atoms with Crippen molar-refractivity contribution < 1.29 is 0 Å². The van der Waals surface area contributed by atoms with E-state index >= 15 is 0 Å². The summed E-state index contributed by atoms with van der Waals surface area (Å²) in [6, 6.07) is 21.1. The van der Waals surface area contributed by atoms with Crippen molar-refractivity contribution in [2.75, 3.05) is 0 Å². The van der Waals surface area contributed by atoms with Crippen molar-refractivity contribution >= 4 is 54.2 Å². The van der Waals surface area contributed by atoms with Gasteiger partial charge in [-0.2, -0.15) is 0 Å². The highest BCUT2D eigenvalue weighted by molar-refractivity contribution is 9.10. The normalized spacial score (nSPS) is 12.5. The second kappa shape index (κ2) is 6.51. The summed E-state index contributed by atoms with van der Waals surface area (Å²) < 4.78 is 0.935. The molecule has 21 heavy (non-hydrogen) atoms. The third-order valence-corrected chi connectivity index (χ3v) is 5.68. The predicted molar refractivity (Wildman–Crippen MR) is 98.5 cm³/mol. The third kappa shape index (κ3) is 3.33. The molecule has 106 valence electrons. The van der Waals surface area contributed by atoms with Gasteiger partial charge in [-0.05, 0) is 50.3 Å². The van der Waals surface area contributed by atoms with Gasteiger partial charge >= 0.3 is 0 Å². The Morgan fingerprint density at radius 1 is 0.905 bits per heavy atom. The van der Waals surface area contributed by atoms with Crippen molar-refractivity contribution in [3.63, 3.8) is 0 Å². The topological polar surface area (TPSA) is 0 Å². The van der Waals surface area contributed by atoms with Gasteiger partial charge in [0, 0.05) is 9.30 Å². The van der Waals surface area contributed by atoms with Crippen molar-refractivity contribution in [2.24, 2.45) is 0 Å². The van der Waals surface area contributed by atoms with Gasteiger partial charge in [-0.15, -0.1) is 0 Å².